The molecule has 0 radical (unpaired) electrons. The molecule has 0 spiro atoms. The molecule has 22 heavy (non-hydrogen) atoms. The molecule has 0 aliphatic carbocycles. The van der Waals surface area contributed by atoms with E-state index in [1.807, 2.05) is 13.8 Å². The van der Waals surface area contributed by atoms with Gasteiger partial charge in [-0.15, -0.1) is 0 Å². The number of pyridine rings is 1. The summed E-state index contributed by atoms with van der Waals surface area (Å²) in [6, 6.07) is 3.10. The molecule has 1 aliphatic rings. The van der Waals surface area contributed by atoms with Crippen molar-refractivity contribution in [2.24, 2.45) is 0 Å². The van der Waals surface area contributed by atoms with Gasteiger partial charge in [-0.25, -0.2) is 13.4 Å². The van der Waals surface area contributed by atoms with Crippen molar-refractivity contribution in [2.45, 2.75) is 32.7 Å². The van der Waals surface area contributed by atoms with Crippen LogP contribution >= 0.6 is 0 Å². The molecule has 0 bridgehead atoms. The predicted octanol–water partition coefficient (Wildman–Crippen LogP) is 1.52. The number of amides is 1. The number of rotatable bonds is 6. The molecule has 1 aromatic rings. The number of ether oxygens (including phenoxy) is 1. The average molecular weight is 326 g/mol. The standard InChI is InChI=1S/C15H22N2O4S/c1-3-9-17(12-7-10-22(19,20)11-12)15(18)13-6-5-8-16-14(13)21-4-2/h5-6,8,12H,3-4,7,9-11H2,1-2H3. The molecule has 1 amide bonds. The summed E-state index contributed by atoms with van der Waals surface area (Å²) >= 11 is 0. The van der Waals surface area contributed by atoms with Crippen LogP contribution in [0.5, 0.6) is 5.88 Å². The van der Waals surface area contributed by atoms with Crippen LogP contribution in [0.1, 0.15) is 37.0 Å². The lowest BCUT2D eigenvalue weighted by molar-refractivity contribution is 0.0692. The summed E-state index contributed by atoms with van der Waals surface area (Å²) in [5, 5.41) is 0. The summed E-state index contributed by atoms with van der Waals surface area (Å²) in [6.07, 6.45) is 2.84. The Bertz CT molecular complexity index is 630. The van der Waals surface area contributed by atoms with Crippen molar-refractivity contribution in [3.05, 3.63) is 23.9 Å². The summed E-state index contributed by atoms with van der Waals surface area (Å²) in [5.41, 5.74) is 0.391. The van der Waals surface area contributed by atoms with Crippen LogP contribution in [-0.2, 0) is 9.84 Å². The Kier molecular flexibility index (Phi) is 5.39. The molecule has 2 heterocycles. The predicted molar refractivity (Wildman–Crippen MR) is 83.8 cm³/mol. The average Bonchev–Trinajstić information content (AvgIpc) is 2.85. The highest BCUT2D eigenvalue weighted by atomic mass is 32.2. The lowest BCUT2D eigenvalue weighted by Crippen LogP contribution is -2.41. The fourth-order valence-electron chi connectivity index (χ4n) is 2.67. The molecule has 1 atom stereocenters. The summed E-state index contributed by atoms with van der Waals surface area (Å²) in [6.45, 7) is 4.75. The molecule has 2 rings (SSSR count). The maximum Gasteiger partial charge on any atom is 0.259 e. The molecule has 6 nitrogen and oxygen atoms in total. The van der Waals surface area contributed by atoms with Crippen LogP contribution in [0.4, 0.5) is 0 Å². The number of hydrogen-bond donors (Lipinski definition) is 0. The van der Waals surface area contributed by atoms with Gasteiger partial charge in [0.15, 0.2) is 9.84 Å². The summed E-state index contributed by atoms with van der Waals surface area (Å²) in [4.78, 5) is 18.6. The Balaban J connectivity index is 2.27. The van der Waals surface area contributed by atoms with Gasteiger partial charge in [0.2, 0.25) is 5.88 Å². The van der Waals surface area contributed by atoms with Crippen LogP contribution in [0.15, 0.2) is 18.3 Å². The first-order chi connectivity index (χ1) is 10.5. The quantitative estimate of drug-likeness (QED) is 0.792. The summed E-state index contributed by atoms with van der Waals surface area (Å²) in [7, 11) is -3.04. The molecule has 1 aromatic heterocycles. The van der Waals surface area contributed by atoms with Gasteiger partial charge in [0.25, 0.3) is 5.91 Å². The second-order valence-corrected chi connectivity index (χ2v) is 7.57. The van der Waals surface area contributed by atoms with E-state index < -0.39 is 9.84 Å². The molecular weight excluding hydrogens is 304 g/mol. The number of aromatic nitrogens is 1. The van der Waals surface area contributed by atoms with E-state index in [0.717, 1.165) is 6.42 Å². The SMILES string of the molecule is CCCN(C(=O)c1cccnc1OCC)C1CCS(=O)(=O)C1. The van der Waals surface area contributed by atoms with Crippen molar-refractivity contribution in [3.63, 3.8) is 0 Å². The molecule has 1 aliphatic heterocycles. The number of sulfone groups is 1. The minimum Gasteiger partial charge on any atom is -0.477 e. The van der Waals surface area contributed by atoms with Crippen LogP contribution < -0.4 is 4.74 Å². The molecule has 1 fully saturated rings. The normalized spacial score (nSPS) is 19.8. The number of hydrogen-bond acceptors (Lipinski definition) is 5. The molecule has 1 saturated heterocycles. The Morgan fingerprint density at radius 1 is 1.45 bits per heavy atom. The second kappa shape index (κ2) is 7.09. The van der Waals surface area contributed by atoms with E-state index in [-0.39, 0.29) is 23.5 Å². The van der Waals surface area contributed by atoms with Gasteiger partial charge in [-0.1, -0.05) is 6.92 Å². The topological polar surface area (TPSA) is 76.6 Å². The van der Waals surface area contributed by atoms with Gasteiger partial charge in [-0.2, -0.15) is 0 Å². The number of carbonyl (C=O) groups excluding carboxylic acids is 1. The summed E-state index contributed by atoms with van der Waals surface area (Å²) in [5.74, 6) is 0.289. The minimum atomic E-state index is -3.04. The Hall–Kier alpha value is -1.63. The van der Waals surface area contributed by atoms with Gasteiger partial charge in [-0.3, -0.25) is 4.79 Å². The Morgan fingerprint density at radius 3 is 2.82 bits per heavy atom. The second-order valence-electron chi connectivity index (χ2n) is 5.34. The largest absolute Gasteiger partial charge is 0.477 e. The summed E-state index contributed by atoms with van der Waals surface area (Å²) < 4.78 is 28.8. The van der Waals surface area contributed by atoms with Crippen LogP contribution in [0.2, 0.25) is 0 Å². The van der Waals surface area contributed by atoms with Crippen molar-refractivity contribution in [1.82, 2.24) is 9.88 Å². The van der Waals surface area contributed by atoms with Crippen LogP contribution in [0.25, 0.3) is 0 Å². The van der Waals surface area contributed by atoms with E-state index in [1.54, 1.807) is 23.2 Å². The third-order valence-electron chi connectivity index (χ3n) is 3.66. The highest BCUT2D eigenvalue weighted by molar-refractivity contribution is 7.91. The van der Waals surface area contributed by atoms with Crippen LogP contribution in [0.3, 0.4) is 0 Å². The van der Waals surface area contributed by atoms with Crippen molar-refractivity contribution < 1.29 is 17.9 Å². The minimum absolute atomic E-state index is 0.0446. The molecule has 0 aromatic carbocycles. The zero-order chi connectivity index (χ0) is 16.2. The maximum absolute atomic E-state index is 12.8. The number of carbonyl (C=O) groups is 1. The van der Waals surface area contributed by atoms with E-state index in [4.69, 9.17) is 4.74 Å². The zero-order valence-corrected chi connectivity index (χ0v) is 13.8. The lowest BCUT2D eigenvalue weighted by Gasteiger charge is -2.28. The van der Waals surface area contributed by atoms with E-state index >= 15 is 0 Å². The molecular formula is C15H22N2O4S. The highest BCUT2D eigenvalue weighted by Gasteiger charge is 2.35. The van der Waals surface area contributed by atoms with Gasteiger partial charge in [0, 0.05) is 18.8 Å². The van der Waals surface area contributed by atoms with Gasteiger partial charge < -0.3 is 9.64 Å². The fourth-order valence-corrected chi connectivity index (χ4v) is 4.40. The zero-order valence-electron chi connectivity index (χ0n) is 13.0. The molecule has 122 valence electrons. The van der Waals surface area contributed by atoms with E-state index in [1.165, 1.54) is 0 Å². The van der Waals surface area contributed by atoms with E-state index in [0.29, 0.717) is 31.0 Å². The van der Waals surface area contributed by atoms with Gasteiger partial charge in [0.05, 0.1) is 18.1 Å². The fraction of sp³-hybridized carbons (Fsp3) is 0.600. The highest BCUT2D eigenvalue weighted by Crippen LogP contribution is 2.23. The molecule has 0 N–H and O–H groups in total. The molecule has 7 heteroatoms. The monoisotopic (exact) mass is 326 g/mol. The van der Waals surface area contributed by atoms with E-state index in [2.05, 4.69) is 4.98 Å². The van der Waals surface area contributed by atoms with Crippen LogP contribution in [0, 0.1) is 0 Å². The molecule has 1 unspecified atom stereocenters. The molecule has 0 saturated carbocycles. The maximum atomic E-state index is 12.8. The van der Waals surface area contributed by atoms with Gasteiger partial charge >= 0.3 is 0 Å². The van der Waals surface area contributed by atoms with Crippen molar-refractivity contribution in [3.8, 4) is 5.88 Å². The van der Waals surface area contributed by atoms with Gasteiger partial charge in [0.1, 0.15) is 5.56 Å². The Labute approximate surface area is 131 Å². The smallest absolute Gasteiger partial charge is 0.259 e. The Morgan fingerprint density at radius 2 is 2.23 bits per heavy atom. The lowest BCUT2D eigenvalue weighted by atomic mass is 10.1. The van der Waals surface area contributed by atoms with Crippen molar-refractivity contribution in [2.75, 3.05) is 24.7 Å². The first-order valence-electron chi connectivity index (χ1n) is 7.57. The first kappa shape index (κ1) is 16.7. The van der Waals surface area contributed by atoms with Crippen molar-refractivity contribution >= 4 is 15.7 Å². The van der Waals surface area contributed by atoms with Gasteiger partial charge in [-0.05, 0) is 31.9 Å². The van der Waals surface area contributed by atoms with Crippen molar-refractivity contribution in [1.29, 1.82) is 0 Å². The third-order valence-corrected chi connectivity index (χ3v) is 5.41. The number of nitrogens with zero attached hydrogens (tertiary/aromatic N) is 2. The third kappa shape index (κ3) is 3.76. The van der Waals surface area contributed by atoms with Crippen LogP contribution in [-0.4, -0.2) is 54.9 Å². The van der Waals surface area contributed by atoms with E-state index in [9.17, 15) is 13.2 Å². The first-order valence-corrected chi connectivity index (χ1v) is 9.39.